The third kappa shape index (κ3) is 9.42. The number of halogens is 5. The van der Waals surface area contributed by atoms with Crippen molar-refractivity contribution >= 4 is 23.4 Å². The quantitative estimate of drug-likeness (QED) is 0.0908. The summed E-state index contributed by atoms with van der Waals surface area (Å²) in [5.41, 5.74) is 13.8. The van der Waals surface area contributed by atoms with E-state index in [1.807, 2.05) is 0 Å². The maximum Gasteiger partial charge on any atom is 0.426 e. The molecule has 0 aliphatic heterocycles. The number of hydrogen-bond acceptors (Lipinski definition) is 5. The smallest absolute Gasteiger partial charge is 0.426 e. The van der Waals surface area contributed by atoms with Gasteiger partial charge in [-0.25, -0.2) is 4.79 Å². The Labute approximate surface area is 216 Å². The van der Waals surface area contributed by atoms with Crippen LogP contribution in [0.4, 0.5) is 33.3 Å². The summed E-state index contributed by atoms with van der Waals surface area (Å²) in [7, 11) is 0. The van der Waals surface area contributed by atoms with Crippen molar-refractivity contribution in [2.24, 2.45) is 0 Å². The van der Waals surface area contributed by atoms with E-state index in [1.165, 1.54) is 60.7 Å². The highest BCUT2D eigenvalue weighted by molar-refractivity contribution is 5.87. The van der Waals surface area contributed by atoms with Gasteiger partial charge in [-0.3, -0.25) is 0 Å². The molecule has 0 heterocycles. The van der Waals surface area contributed by atoms with Crippen molar-refractivity contribution in [2.75, 3.05) is 11.5 Å². The normalized spacial score (nSPS) is 12.0. The van der Waals surface area contributed by atoms with Gasteiger partial charge in [0.1, 0.15) is 12.4 Å². The Hall–Kier alpha value is -4.08. The Morgan fingerprint density at radius 1 is 0.816 bits per heavy atom. The molecule has 0 aliphatic carbocycles. The zero-order valence-electron chi connectivity index (χ0n) is 20.3. The minimum Gasteiger partial charge on any atom is -0.458 e. The first kappa shape index (κ1) is 28.5. The third-order valence-electron chi connectivity index (χ3n) is 5.42. The molecule has 0 bridgehead atoms. The molecule has 3 aromatic rings. The van der Waals surface area contributed by atoms with Gasteiger partial charge >= 0.3 is 18.3 Å². The summed E-state index contributed by atoms with van der Waals surface area (Å²) in [6.45, 7) is -0.0146. The first-order chi connectivity index (χ1) is 17.9. The van der Waals surface area contributed by atoms with Crippen LogP contribution in [0.5, 0.6) is 5.75 Å². The molecular formula is C28H27F5N2O3. The van der Waals surface area contributed by atoms with Gasteiger partial charge in [0.25, 0.3) is 0 Å². The first-order valence-corrected chi connectivity index (χ1v) is 11.7. The number of nitrogens with two attached hydrogens (primary N) is 2. The van der Waals surface area contributed by atoms with Gasteiger partial charge in [0.2, 0.25) is 0 Å². The second-order valence-electron chi connectivity index (χ2n) is 8.66. The lowest BCUT2D eigenvalue weighted by Gasteiger charge is -2.18. The van der Waals surface area contributed by atoms with Crippen LogP contribution in [0.25, 0.3) is 6.08 Å². The number of esters is 1. The summed E-state index contributed by atoms with van der Waals surface area (Å²) < 4.78 is 75.8. The van der Waals surface area contributed by atoms with Gasteiger partial charge in [-0.1, -0.05) is 24.3 Å². The van der Waals surface area contributed by atoms with E-state index in [4.69, 9.17) is 20.9 Å². The molecule has 38 heavy (non-hydrogen) atoms. The Morgan fingerprint density at radius 2 is 1.45 bits per heavy atom. The zero-order valence-corrected chi connectivity index (χ0v) is 20.3. The van der Waals surface area contributed by atoms with E-state index < -0.39 is 24.7 Å². The molecule has 0 radical (unpaired) electrons. The predicted molar refractivity (Wildman–Crippen MR) is 135 cm³/mol. The molecule has 0 atom stereocenters. The number of carbonyl (C=O) groups excluding carboxylic acids is 1. The highest BCUT2D eigenvalue weighted by atomic mass is 19.4. The van der Waals surface area contributed by atoms with Gasteiger partial charge in [0.05, 0.1) is 5.56 Å². The predicted octanol–water partition coefficient (Wildman–Crippen LogP) is 7.01. The molecule has 5 nitrogen and oxygen atoms in total. The Bertz CT molecular complexity index is 1220. The van der Waals surface area contributed by atoms with Gasteiger partial charge in [-0.15, -0.1) is 0 Å². The molecule has 0 aliphatic rings. The van der Waals surface area contributed by atoms with Crippen LogP contribution in [-0.2, 0) is 28.7 Å². The SMILES string of the molecule is Nc1cc(N)cc(COC(=O)/C=C/c2ccc(OC(F)(F)c3ccc(CCCCC(F)(F)F)cc3)cc2)c1. The molecule has 0 saturated heterocycles. The summed E-state index contributed by atoms with van der Waals surface area (Å²) >= 11 is 0. The Kier molecular flexibility index (Phi) is 9.33. The minimum atomic E-state index is -4.20. The highest BCUT2D eigenvalue weighted by Gasteiger charge is 2.34. The van der Waals surface area contributed by atoms with Crippen molar-refractivity contribution in [3.63, 3.8) is 0 Å². The van der Waals surface area contributed by atoms with Crippen molar-refractivity contribution in [2.45, 2.75) is 44.6 Å². The largest absolute Gasteiger partial charge is 0.458 e. The van der Waals surface area contributed by atoms with Crippen molar-refractivity contribution in [3.8, 4) is 5.75 Å². The molecule has 0 unspecified atom stereocenters. The number of alkyl halides is 5. The summed E-state index contributed by atoms with van der Waals surface area (Å²) in [6, 6.07) is 15.8. The van der Waals surface area contributed by atoms with E-state index in [2.05, 4.69) is 0 Å². The van der Waals surface area contributed by atoms with E-state index in [9.17, 15) is 26.7 Å². The molecule has 202 valence electrons. The standard InChI is InChI=1S/C28H27F5N2O3/c29-27(30,31)14-2-1-3-19-4-9-22(10-5-19)28(32,33)38-25-11-6-20(7-12-25)8-13-26(36)37-18-21-15-23(34)17-24(35)16-21/h4-13,15-17H,1-3,14,18,34-35H2/b13-8+. The van der Waals surface area contributed by atoms with E-state index in [0.717, 1.165) is 0 Å². The monoisotopic (exact) mass is 534 g/mol. The fraction of sp³-hybridized carbons (Fsp3) is 0.250. The van der Waals surface area contributed by atoms with Gasteiger partial charge in [0.15, 0.2) is 0 Å². The van der Waals surface area contributed by atoms with E-state index >= 15 is 0 Å². The van der Waals surface area contributed by atoms with Crippen LogP contribution in [0.15, 0.2) is 72.8 Å². The van der Waals surface area contributed by atoms with Gasteiger partial charge in [0, 0.05) is 23.9 Å². The summed E-state index contributed by atoms with van der Waals surface area (Å²) in [4.78, 5) is 12.0. The van der Waals surface area contributed by atoms with Crippen molar-refractivity contribution in [3.05, 3.63) is 95.1 Å². The summed E-state index contributed by atoms with van der Waals surface area (Å²) in [6.07, 6.45) is -5.37. The van der Waals surface area contributed by atoms with E-state index in [1.54, 1.807) is 18.2 Å². The summed E-state index contributed by atoms with van der Waals surface area (Å²) in [5.74, 6) is -0.702. The zero-order chi connectivity index (χ0) is 27.8. The fourth-order valence-electron chi connectivity index (χ4n) is 3.57. The fourth-order valence-corrected chi connectivity index (χ4v) is 3.57. The van der Waals surface area contributed by atoms with Crippen LogP contribution < -0.4 is 16.2 Å². The number of aryl methyl sites for hydroxylation is 1. The molecule has 0 aromatic heterocycles. The summed E-state index contributed by atoms with van der Waals surface area (Å²) in [5, 5.41) is 0. The Balaban J connectivity index is 1.49. The number of benzene rings is 3. The maximum atomic E-state index is 14.6. The van der Waals surface area contributed by atoms with Gasteiger partial charge in [-0.2, -0.15) is 22.0 Å². The second-order valence-corrected chi connectivity index (χ2v) is 8.66. The van der Waals surface area contributed by atoms with Crippen molar-refractivity contribution in [1.29, 1.82) is 0 Å². The number of rotatable bonds is 11. The van der Waals surface area contributed by atoms with Crippen LogP contribution in [-0.4, -0.2) is 12.1 Å². The van der Waals surface area contributed by atoms with Crippen LogP contribution >= 0.6 is 0 Å². The van der Waals surface area contributed by atoms with Crippen molar-refractivity contribution < 1.29 is 36.2 Å². The topological polar surface area (TPSA) is 87.6 Å². The number of carbonyl (C=O) groups is 1. The van der Waals surface area contributed by atoms with Gasteiger partial charge in [-0.05, 0) is 84.5 Å². The number of nitrogen functional groups attached to an aromatic ring is 2. The van der Waals surface area contributed by atoms with Crippen LogP contribution in [0.1, 0.15) is 41.5 Å². The van der Waals surface area contributed by atoms with Gasteiger partial charge < -0.3 is 20.9 Å². The number of hydrogen-bond donors (Lipinski definition) is 2. The highest BCUT2D eigenvalue weighted by Crippen LogP contribution is 2.32. The molecule has 0 fully saturated rings. The van der Waals surface area contributed by atoms with Crippen LogP contribution in [0.3, 0.4) is 0 Å². The molecule has 10 heteroatoms. The molecule has 0 spiro atoms. The number of anilines is 2. The lowest BCUT2D eigenvalue weighted by atomic mass is 10.0. The van der Waals surface area contributed by atoms with Crippen LogP contribution in [0.2, 0.25) is 0 Å². The lowest BCUT2D eigenvalue weighted by molar-refractivity contribution is -0.185. The average molecular weight is 535 g/mol. The van der Waals surface area contributed by atoms with E-state index in [0.29, 0.717) is 40.9 Å². The third-order valence-corrected chi connectivity index (χ3v) is 5.42. The maximum absolute atomic E-state index is 14.6. The molecule has 3 rings (SSSR count). The minimum absolute atomic E-state index is 0.0146. The first-order valence-electron chi connectivity index (χ1n) is 11.7. The lowest BCUT2D eigenvalue weighted by Crippen LogP contribution is -2.21. The molecular weight excluding hydrogens is 507 g/mol. The number of ether oxygens (including phenoxy) is 2. The van der Waals surface area contributed by atoms with Crippen molar-refractivity contribution in [1.82, 2.24) is 0 Å². The average Bonchev–Trinajstić information content (AvgIpc) is 2.84. The molecule has 0 saturated carbocycles. The molecule has 4 N–H and O–H groups in total. The van der Waals surface area contributed by atoms with Crippen LogP contribution in [0, 0.1) is 0 Å². The number of unbranched alkanes of at least 4 members (excludes halogenated alkanes) is 1. The Morgan fingerprint density at radius 3 is 2.05 bits per heavy atom. The molecule has 0 amide bonds. The second kappa shape index (κ2) is 12.4. The van der Waals surface area contributed by atoms with E-state index in [-0.39, 0.29) is 24.3 Å². The molecule has 3 aromatic carbocycles.